The summed E-state index contributed by atoms with van der Waals surface area (Å²) in [6.07, 6.45) is -0.389. The van der Waals surface area contributed by atoms with Crippen molar-refractivity contribution >= 4 is 6.09 Å². The Hall–Kier alpha value is -0.810. The van der Waals surface area contributed by atoms with Crippen LogP contribution in [-0.2, 0) is 0 Å². The van der Waals surface area contributed by atoms with Crippen LogP contribution in [0.5, 0.6) is 0 Å². The predicted octanol–water partition coefficient (Wildman–Crippen LogP) is -1.08. The van der Waals surface area contributed by atoms with E-state index in [1.54, 1.807) is 0 Å². The van der Waals surface area contributed by atoms with E-state index in [9.17, 15) is 0 Å². The van der Waals surface area contributed by atoms with Crippen LogP contribution in [0, 0.1) is 0 Å². The van der Waals surface area contributed by atoms with Crippen molar-refractivity contribution in [1.82, 2.24) is 0 Å². The molecule has 1 amide bonds. The predicted molar refractivity (Wildman–Crippen MR) is 34.9 cm³/mol. The molecule has 0 aromatic carbocycles. The zero-order valence-corrected chi connectivity index (χ0v) is 5.21. The van der Waals surface area contributed by atoms with Crippen molar-refractivity contribution in [1.29, 1.82) is 0 Å². The molecule has 0 radical (unpaired) electrons. The SMILES string of the molecule is NC(=O)O.NCCCN. The molecular weight excluding hydrogens is 122 g/mol. The van der Waals surface area contributed by atoms with Crippen molar-refractivity contribution in [2.45, 2.75) is 6.42 Å². The van der Waals surface area contributed by atoms with Crippen LogP contribution in [0.2, 0.25) is 0 Å². The second-order valence-electron chi connectivity index (χ2n) is 1.27. The van der Waals surface area contributed by atoms with Gasteiger partial charge in [-0.25, -0.2) is 4.79 Å². The Morgan fingerprint density at radius 2 is 1.56 bits per heavy atom. The molecule has 0 saturated carbocycles. The van der Waals surface area contributed by atoms with Crippen molar-refractivity contribution in [2.75, 3.05) is 13.1 Å². The van der Waals surface area contributed by atoms with E-state index in [1.165, 1.54) is 0 Å². The highest BCUT2D eigenvalue weighted by Gasteiger charge is 1.67. The molecular formula is C4H13N3O2. The van der Waals surface area contributed by atoms with E-state index in [-0.39, 0.29) is 0 Å². The first-order valence-corrected chi connectivity index (χ1v) is 2.53. The maximum atomic E-state index is 8.78. The van der Waals surface area contributed by atoms with Crippen molar-refractivity contribution in [3.05, 3.63) is 0 Å². The van der Waals surface area contributed by atoms with E-state index in [0.717, 1.165) is 19.5 Å². The number of primary amides is 1. The zero-order chi connectivity index (χ0) is 7.70. The number of nitrogens with two attached hydrogens (primary N) is 3. The van der Waals surface area contributed by atoms with Crippen molar-refractivity contribution in [3.63, 3.8) is 0 Å². The highest BCUT2D eigenvalue weighted by atomic mass is 16.4. The van der Waals surface area contributed by atoms with Gasteiger partial charge in [0, 0.05) is 0 Å². The Labute approximate surface area is 53.8 Å². The number of carbonyl (C=O) groups is 1. The summed E-state index contributed by atoms with van der Waals surface area (Å²) >= 11 is 0. The van der Waals surface area contributed by atoms with Crippen molar-refractivity contribution in [3.8, 4) is 0 Å². The van der Waals surface area contributed by atoms with Gasteiger partial charge >= 0.3 is 6.09 Å². The Kier molecular flexibility index (Phi) is 12.6. The summed E-state index contributed by atoms with van der Waals surface area (Å²) in [5.74, 6) is 0. The average molecular weight is 135 g/mol. The van der Waals surface area contributed by atoms with E-state index in [2.05, 4.69) is 5.73 Å². The Balaban J connectivity index is 0. The molecule has 0 rings (SSSR count). The Bertz CT molecular complexity index is 60.8. The third-order valence-electron chi connectivity index (χ3n) is 0.408. The standard InChI is InChI=1S/C3H10N2.CH3NO2/c4-2-1-3-5;2-1(3)4/h1-5H2;2H2,(H,3,4). The van der Waals surface area contributed by atoms with Crippen LogP contribution in [0.15, 0.2) is 0 Å². The van der Waals surface area contributed by atoms with Gasteiger partial charge in [-0.2, -0.15) is 0 Å². The Morgan fingerprint density at radius 1 is 1.33 bits per heavy atom. The maximum Gasteiger partial charge on any atom is 0.402 e. The van der Waals surface area contributed by atoms with Crippen LogP contribution in [0.1, 0.15) is 6.42 Å². The summed E-state index contributed by atoms with van der Waals surface area (Å²) in [5, 5.41) is 7.19. The lowest BCUT2D eigenvalue weighted by Gasteiger charge is -1.81. The summed E-state index contributed by atoms with van der Waals surface area (Å²) in [7, 11) is 0. The first-order chi connectivity index (χ1) is 4.15. The monoisotopic (exact) mass is 135 g/mol. The van der Waals surface area contributed by atoms with Crippen LogP contribution in [0.4, 0.5) is 4.79 Å². The summed E-state index contributed by atoms with van der Waals surface area (Å²) < 4.78 is 0. The molecule has 0 bridgehead atoms. The van der Waals surface area contributed by atoms with Gasteiger partial charge in [-0.05, 0) is 19.5 Å². The first kappa shape index (κ1) is 11.0. The van der Waals surface area contributed by atoms with E-state index in [4.69, 9.17) is 21.4 Å². The van der Waals surface area contributed by atoms with E-state index >= 15 is 0 Å². The van der Waals surface area contributed by atoms with Gasteiger partial charge in [0.05, 0.1) is 0 Å². The largest absolute Gasteiger partial charge is 0.465 e. The third-order valence-corrected chi connectivity index (χ3v) is 0.408. The fourth-order valence-electron chi connectivity index (χ4n) is 0.118. The lowest BCUT2D eigenvalue weighted by atomic mass is 10.4. The molecule has 0 aliphatic heterocycles. The normalized spacial score (nSPS) is 7.33. The topological polar surface area (TPSA) is 115 Å². The summed E-state index contributed by atoms with van der Waals surface area (Å²) in [6, 6.07) is 0. The van der Waals surface area contributed by atoms with Gasteiger partial charge in [0.1, 0.15) is 0 Å². The van der Waals surface area contributed by atoms with Gasteiger partial charge in [0.2, 0.25) is 0 Å². The summed E-state index contributed by atoms with van der Waals surface area (Å²) in [4.78, 5) is 8.78. The van der Waals surface area contributed by atoms with Gasteiger partial charge in [-0.15, -0.1) is 0 Å². The first-order valence-electron chi connectivity index (χ1n) is 2.53. The quantitative estimate of drug-likeness (QED) is 0.385. The highest BCUT2D eigenvalue weighted by Crippen LogP contribution is 1.58. The molecule has 0 aromatic heterocycles. The van der Waals surface area contributed by atoms with E-state index < -0.39 is 6.09 Å². The van der Waals surface area contributed by atoms with Crippen molar-refractivity contribution in [2.24, 2.45) is 17.2 Å². The molecule has 0 aliphatic rings. The van der Waals surface area contributed by atoms with Crippen LogP contribution >= 0.6 is 0 Å². The summed E-state index contributed by atoms with van der Waals surface area (Å²) in [6.45, 7) is 1.44. The molecule has 9 heavy (non-hydrogen) atoms. The van der Waals surface area contributed by atoms with Gasteiger partial charge in [0.15, 0.2) is 0 Å². The smallest absolute Gasteiger partial charge is 0.402 e. The lowest BCUT2D eigenvalue weighted by molar-refractivity contribution is 0.205. The second-order valence-corrected chi connectivity index (χ2v) is 1.27. The van der Waals surface area contributed by atoms with Gasteiger partial charge in [-0.1, -0.05) is 0 Å². The molecule has 5 nitrogen and oxygen atoms in total. The molecule has 56 valence electrons. The fourth-order valence-corrected chi connectivity index (χ4v) is 0.118. The molecule has 7 N–H and O–H groups in total. The molecule has 0 aliphatic carbocycles. The summed E-state index contributed by atoms with van der Waals surface area (Å²) in [5.41, 5.74) is 14.1. The number of carboxylic acid groups (broad SMARTS) is 1. The highest BCUT2D eigenvalue weighted by molar-refractivity contribution is 5.61. The average Bonchev–Trinajstić information content (AvgIpc) is 1.66. The van der Waals surface area contributed by atoms with Crippen molar-refractivity contribution < 1.29 is 9.90 Å². The molecule has 5 heteroatoms. The molecule has 0 spiro atoms. The molecule has 0 unspecified atom stereocenters. The molecule has 0 fully saturated rings. The number of hydrogen-bond donors (Lipinski definition) is 4. The fraction of sp³-hybridized carbons (Fsp3) is 0.750. The molecule has 0 atom stereocenters. The second kappa shape index (κ2) is 10.2. The zero-order valence-electron chi connectivity index (χ0n) is 5.21. The minimum Gasteiger partial charge on any atom is -0.465 e. The molecule has 0 saturated heterocycles. The van der Waals surface area contributed by atoms with Gasteiger partial charge in [0.25, 0.3) is 0 Å². The lowest BCUT2D eigenvalue weighted by Crippen LogP contribution is -2.06. The maximum absolute atomic E-state index is 8.78. The van der Waals surface area contributed by atoms with E-state index in [0.29, 0.717) is 0 Å². The number of amides is 1. The minimum absolute atomic E-state index is 0.719. The number of rotatable bonds is 2. The van der Waals surface area contributed by atoms with Crippen LogP contribution in [0.3, 0.4) is 0 Å². The minimum atomic E-state index is -1.33. The van der Waals surface area contributed by atoms with Gasteiger partial charge < -0.3 is 22.3 Å². The van der Waals surface area contributed by atoms with Crippen LogP contribution in [0.25, 0.3) is 0 Å². The number of hydrogen-bond acceptors (Lipinski definition) is 3. The molecule has 0 aromatic rings. The molecule has 0 heterocycles. The van der Waals surface area contributed by atoms with Gasteiger partial charge in [-0.3, -0.25) is 0 Å². The van der Waals surface area contributed by atoms with Crippen LogP contribution < -0.4 is 17.2 Å². The Morgan fingerprint density at radius 3 is 1.56 bits per heavy atom. The third kappa shape index (κ3) is 137. The van der Waals surface area contributed by atoms with E-state index in [1.807, 2.05) is 0 Å². The van der Waals surface area contributed by atoms with Crippen LogP contribution in [-0.4, -0.2) is 24.3 Å².